The highest BCUT2D eigenvalue weighted by Crippen LogP contribution is 2.31. The molecular weight excluding hydrogens is 286 g/mol. The smallest absolute Gasteiger partial charge is 0.133 e. The van der Waals surface area contributed by atoms with Crippen molar-refractivity contribution in [2.75, 3.05) is 18.2 Å². The van der Waals surface area contributed by atoms with Gasteiger partial charge in [0, 0.05) is 22.7 Å². The fraction of sp³-hybridized carbons (Fsp3) is 0.500. The molecule has 0 aliphatic carbocycles. The number of hydrogen-bond donors (Lipinski definition) is 1. The molecule has 2 nitrogen and oxygen atoms in total. The molecule has 2 unspecified atom stereocenters. The summed E-state index contributed by atoms with van der Waals surface area (Å²) in [6.45, 7) is 2.29. The Morgan fingerprint density at radius 3 is 2.88 bits per heavy atom. The second-order valence-electron chi connectivity index (χ2n) is 4.07. The van der Waals surface area contributed by atoms with Crippen LogP contribution < -0.4 is 10.1 Å². The number of halogens is 1. The first-order chi connectivity index (χ1) is 7.69. The van der Waals surface area contributed by atoms with Crippen LogP contribution in [0.2, 0.25) is 0 Å². The molecule has 0 aromatic heterocycles. The number of ether oxygens (including phenoxy) is 1. The maximum Gasteiger partial charge on any atom is 0.133 e. The zero-order valence-electron chi connectivity index (χ0n) is 9.50. The highest BCUT2D eigenvalue weighted by molar-refractivity contribution is 9.10. The fourth-order valence-corrected chi connectivity index (χ4v) is 3.60. The average molecular weight is 302 g/mol. The molecule has 1 aliphatic heterocycles. The number of methoxy groups -OCH3 is 1. The summed E-state index contributed by atoms with van der Waals surface area (Å²) >= 11 is 5.54. The summed E-state index contributed by atoms with van der Waals surface area (Å²) in [4.78, 5) is 0. The fourth-order valence-electron chi connectivity index (χ4n) is 1.91. The zero-order chi connectivity index (χ0) is 11.5. The maximum atomic E-state index is 5.21. The van der Waals surface area contributed by atoms with Crippen LogP contribution in [-0.4, -0.2) is 24.2 Å². The first-order valence-electron chi connectivity index (χ1n) is 5.40. The first-order valence-corrected chi connectivity index (χ1v) is 7.25. The van der Waals surface area contributed by atoms with E-state index in [-0.39, 0.29) is 0 Å². The molecule has 88 valence electrons. The van der Waals surface area contributed by atoms with E-state index < -0.39 is 0 Å². The van der Waals surface area contributed by atoms with Crippen LogP contribution >= 0.6 is 27.7 Å². The molecule has 0 bridgehead atoms. The van der Waals surface area contributed by atoms with Crippen LogP contribution in [0.15, 0.2) is 22.7 Å². The van der Waals surface area contributed by atoms with Gasteiger partial charge in [0.2, 0.25) is 0 Å². The van der Waals surface area contributed by atoms with Crippen LogP contribution in [0, 0.1) is 0 Å². The molecule has 1 aliphatic rings. The Kier molecular flexibility index (Phi) is 4.03. The lowest BCUT2D eigenvalue weighted by atomic mass is 10.2. The van der Waals surface area contributed by atoms with E-state index in [4.69, 9.17) is 4.74 Å². The van der Waals surface area contributed by atoms with Crippen molar-refractivity contribution < 1.29 is 4.74 Å². The van der Waals surface area contributed by atoms with Gasteiger partial charge in [0.25, 0.3) is 0 Å². The summed E-state index contributed by atoms with van der Waals surface area (Å²) in [6.07, 6.45) is 1.24. The van der Waals surface area contributed by atoms with Gasteiger partial charge in [0.05, 0.1) is 11.6 Å². The molecule has 0 spiro atoms. The van der Waals surface area contributed by atoms with E-state index in [0.717, 1.165) is 21.2 Å². The van der Waals surface area contributed by atoms with Gasteiger partial charge in [-0.25, -0.2) is 0 Å². The first kappa shape index (κ1) is 12.1. The van der Waals surface area contributed by atoms with Crippen molar-refractivity contribution >= 4 is 33.4 Å². The molecule has 16 heavy (non-hydrogen) atoms. The Labute approximate surface area is 109 Å². The molecule has 1 N–H and O–H groups in total. The van der Waals surface area contributed by atoms with E-state index in [1.54, 1.807) is 7.11 Å². The summed E-state index contributed by atoms with van der Waals surface area (Å²) in [7, 11) is 1.68. The second-order valence-corrected chi connectivity index (χ2v) is 6.40. The summed E-state index contributed by atoms with van der Waals surface area (Å²) in [5.74, 6) is 2.07. The predicted octanol–water partition coefficient (Wildman–Crippen LogP) is 3.76. The van der Waals surface area contributed by atoms with Crippen LogP contribution in [0.1, 0.15) is 13.3 Å². The van der Waals surface area contributed by atoms with Gasteiger partial charge in [-0.05, 0) is 40.5 Å². The lowest BCUT2D eigenvalue weighted by Crippen LogP contribution is -2.18. The molecule has 0 radical (unpaired) electrons. The zero-order valence-corrected chi connectivity index (χ0v) is 11.9. The van der Waals surface area contributed by atoms with Gasteiger partial charge >= 0.3 is 0 Å². The van der Waals surface area contributed by atoms with Crippen LogP contribution in [0.3, 0.4) is 0 Å². The minimum Gasteiger partial charge on any atom is -0.496 e. The largest absolute Gasteiger partial charge is 0.496 e. The number of rotatable bonds is 3. The average Bonchev–Trinajstić information content (AvgIpc) is 2.64. The molecule has 1 saturated heterocycles. The van der Waals surface area contributed by atoms with Crippen molar-refractivity contribution in [3.8, 4) is 5.75 Å². The second kappa shape index (κ2) is 5.32. The van der Waals surface area contributed by atoms with Crippen molar-refractivity contribution in [3.63, 3.8) is 0 Å². The summed E-state index contributed by atoms with van der Waals surface area (Å²) < 4.78 is 6.21. The number of benzene rings is 1. The van der Waals surface area contributed by atoms with Gasteiger partial charge in [0.1, 0.15) is 5.75 Å². The van der Waals surface area contributed by atoms with Gasteiger partial charge in [-0.2, -0.15) is 11.8 Å². The quantitative estimate of drug-likeness (QED) is 0.918. The number of thioether (sulfide) groups is 1. The molecule has 1 aromatic rings. The van der Waals surface area contributed by atoms with E-state index in [1.807, 2.05) is 17.8 Å². The summed E-state index contributed by atoms with van der Waals surface area (Å²) in [5.41, 5.74) is 1.16. The summed E-state index contributed by atoms with van der Waals surface area (Å²) in [5, 5.41) is 4.33. The molecule has 4 heteroatoms. The van der Waals surface area contributed by atoms with E-state index in [0.29, 0.717) is 6.04 Å². The molecule has 1 fully saturated rings. The van der Waals surface area contributed by atoms with Crippen molar-refractivity contribution in [1.29, 1.82) is 0 Å². The molecule has 1 aromatic carbocycles. The van der Waals surface area contributed by atoms with Crippen LogP contribution in [0.5, 0.6) is 5.75 Å². The summed E-state index contributed by atoms with van der Waals surface area (Å²) in [6, 6.07) is 6.72. The lowest BCUT2D eigenvalue weighted by molar-refractivity contribution is 0.412. The Hall–Kier alpha value is -0.350. The van der Waals surface area contributed by atoms with E-state index in [2.05, 4.69) is 40.3 Å². The molecule has 1 heterocycles. The Bertz CT molecular complexity index is 372. The lowest BCUT2D eigenvalue weighted by Gasteiger charge is -2.14. The normalized spacial score (nSPS) is 24.4. The van der Waals surface area contributed by atoms with Gasteiger partial charge < -0.3 is 10.1 Å². The third-order valence-corrected chi connectivity index (χ3v) is 4.70. The predicted molar refractivity (Wildman–Crippen MR) is 74.6 cm³/mol. The third kappa shape index (κ3) is 2.86. The van der Waals surface area contributed by atoms with Crippen LogP contribution in [0.25, 0.3) is 0 Å². The van der Waals surface area contributed by atoms with Gasteiger partial charge in [-0.15, -0.1) is 0 Å². The number of anilines is 1. The van der Waals surface area contributed by atoms with E-state index in [1.165, 1.54) is 12.2 Å². The standard InChI is InChI=1S/C12H16BrNOS/c1-8-5-10(7-16-8)14-9-3-4-12(15-2)11(13)6-9/h3-4,6,8,10,14H,5,7H2,1-2H3. The highest BCUT2D eigenvalue weighted by Gasteiger charge is 2.21. The van der Waals surface area contributed by atoms with Crippen molar-refractivity contribution in [2.24, 2.45) is 0 Å². The van der Waals surface area contributed by atoms with Crippen LogP contribution in [0.4, 0.5) is 5.69 Å². The topological polar surface area (TPSA) is 21.3 Å². The molecule has 0 amide bonds. The van der Waals surface area contributed by atoms with Gasteiger partial charge in [-0.1, -0.05) is 6.92 Å². The van der Waals surface area contributed by atoms with Crippen LogP contribution in [-0.2, 0) is 0 Å². The minimum atomic E-state index is 0.597. The number of hydrogen-bond acceptors (Lipinski definition) is 3. The Morgan fingerprint density at radius 2 is 2.31 bits per heavy atom. The van der Waals surface area contributed by atoms with Crippen molar-refractivity contribution in [2.45, 2.75) is 24.6 Å². The van der Waals surface area contributed by atoms with Gasteiger partial charge in [0.15, 0.2) is 0 Å². The Morgan fingerprint density at radius 1 is 1.50 bits per heavy atom. The van der Waals surface area contributed by atoms with Crippen molar-refractivity contribution in [3.05, 3.63) is 22.7 Å². The van der Waals surface area contributed by atoms with Crippen molar-refractivity contribution in [1.82, 2.24) is 0 Å². The monoisotopic (exact) mass is 301 g/mol. The molecule has 0 saturated carbocycles. The maximum absolute atomic E-state index is 5.21. The Balaban J connectivity index is 2.02. The molecule has 2 atom stereocenters. The SMILES string of the molecule is COc1ccc(NC2CSC(C)C2)cc1Br. The third-order valence-electron chi connectivity index (χ3n) is 2.72. The van der Waals surface area contributed by atoms with E-state index in [9.17, 15) is 0 Å². The molecular formula is C12H16BrNOS. The highest BCUT2D eigenvalue weighted by atomic mass is 79.9. The van der Waals surface area contributed by atoms with E-state index >= 15 is 0 Å². The van der Waals surface area contributed by atoms with Gasteiger partial charge in [-0.3, -0.25) is 0 Å². The molecule has 2 rings (SSSR count). The number of nitrogens with one attached hydrogen (secondary N) is 1. The minimum absolute atomic E-state index is 0.597.